The Morgan fingerprint density at radius 3 is 2.75 bits per heavy atom. The Kier molecular flexibility index (Phi) is 3.87. The number of hydrogen-bond acceptors (Lipinski definition) is 3. The molecule has 0 saturated carbocycles. The van der Waals surface area contributed by atoms with Crippen molar-refractivity contribution in [3.05, 3.63) is 58.1 Å². The van der Waals surface area contributed by atoms with Crippen molar-refractivity contribution in [2.24, 2.45) is 0 Å². The predicted octanol–water partition coefficient (Wildman–Crippen LogP) is 4.82. The number of nitrogens with zero attached hydrogens (tertiary/aromatic N) is 2. The minimum absolute atomic E-state index is 0.528. The van der Waals surface area contributed by atoms with Crippen molar-refractivity contribution in [3.63, 3.8) is 0 Å². The van der Waals surface area contributed by atoms with E-state index >= 15 is 0 Å². The molecular formula is C18H15Cl2N3O. The highest BCUT2D eigenvalue weighted by Gasteiger charge is 2.25. The van der Waals surface area contributed by atoms with E-state index < -0.39 is 0 Å². The number of para-hydroxylation sites is 2. The number of fused-ring (bicyclic) bond motifs is 1. The molecule has 122 valence electrons. The minimum atomic E-state index is 0.528. The van der Waals surface area contributed by atoms with E-state index in [0.29, 0.717) is 10.0 Å². The lowest BCUT2D eigenvalue weighted by Crippen LogP contribution is -2.05. The van der Waals surface area contributed by atoms with E-state index in [0.717, 1.165) is 41.5 Å². The van der Waals surface area contributed by atoms with Crippen molar-refractivity contribution in [1.82, 2.24) is 9.78 Å². The van der Waals surface area contributed by atoms with Gasteiger partial charge in [0.15, 0.2) is 0 Å². The van der Waals surface area contributed by atoms with E-state index in [1.54, 1.807) is 13.2 Å². The number of benzene rings is 2. The molecule has 0 unspecified atom stereocenters. The van der Waals surface area contributed by atoms with E-state index in [1.165, 1.54) is 5.56 Å². The van der Waals surface area contributed by atoms with E-state index in [1.807, 2.05) is 41.1 Å². The Bertz CT molecular complexity index is 921. The van der Waals surface area contributed by atoms with Crippen molar-refractivity contribution in [3.8, 4) is 22.7 Å². The Morgan fingerprint density at radius 2 is 1.96 bits per heavy atom. The van der Waals surface area contributed by atoms with Gasteiger partial charge in [0.05, 0.1) is 22.8 Å². The summed E-state index contributed by atoms with van der Waals surface area (Å²) in [5, 5.41) is 9.31. The fourth-order valence-electron chi connectivity index (χ4n) is 3.03. The highest BCUT2D eigenvalue weighted by Crippen LogP contribution is 2.38. The standard InChI is InChI=1S/C18H15Cl2N3O/c1-24-16-5-3-2-4-15(16)23-18-12(8-9-21-18)17(22-23)11-6-7-13(19)14(20)10-11/h2-7,10,21H,8-9H2,1H3. The fraction of sp³-hybridized carbons (Fsp3) is 0.167. The van der Waals surface area contributed by atoms with E-state index in [9.17, 15) is 0 Å². The second-order valence-electron chi connectivity index (χ2n) is 5.57. The van der Waals surface area contributed by atoms with Crippen molar-refractivity contribution in [2.45, 2.75) is 6.42 Å². The molecule has 1 aromatic heterocycles. The van der Waals surface area contributed by atoms with Crippen LogP contribution in [0.3, 0.4) is 0 Å². The average molecular weight is 360 g/mol. The fourth-order valence-corrected chi connectivity index (χ4v) is 3.33. The molecule has 1 aliphatic rings. The van der Waals surface area contributed by atoms with E-state index in [-0.39, 0.29) is 0 Å². The molecule has 0 radical (unpaired) electrons. The molecule has 1 N–H and O–H groups in total. The molecule has 0 spiro atoms. The smallest absolute Gasteiger partial charge is 0.144 e. The van der Waals surface area contributed by atoms with Crippen molar-refractivity contribution < 1.29 is 4.74 Å². The topological polar surface area (TPSA) is 39.1 Å². The number of ether oxygens (including phenoxy) is 1. The summed E-state index contributed by atoms with van der Waals surface area (Å²) in [7, 11) is 1.66. The first-order chi connectivity index (χ1) is 11.7. The van der Waals surface area contributed by atoms with Gasteiger partial charge in [-0.25, -0.2) is 4.68 Å². The Labute approximate surface area is 150 Å². The number of rotatable bonds is 3. The van der Waals surface area contributed by atoms with Gasteiger partial charge in [-0.05, 0) is 30.7 Å². The third-order valence-corrected chi connectivity index (χ3v) is 4.90. The van der Waals surface area contributed by atoms with Crippen LogP contribution in [0.25, 0.3) is 16.9 Å². The molecule has 6 heteroatoms. The molecule has 0 saturated heterocycles. The summed E-state index contributed by atoms with van der Waals surface area (Å²) in [4.78, 5) is 0. The van der Waals surface area contributed by atoms with Crippen LogP contribution in [0, 0.1) is 0 Å². The van der Waals surface area contributed by atoms with Gasteiger partial charge >= 0.3 is 0 Å². The maximum absolute atomic E-state index is 6.18. The first-order valence-corrected chi connectivity index (χ1v) is 8.39. The monoisotopic (exact) mass is 359 g/mol. The van der Waals surface area contributed by atoms with Gasteiger partial charge in [0, 0.05) is 17.7 Å². The lowest BCUT2D eigenvalue weighted by Gasteiger charge is -2.10. The maximum atomic E-state index is 6.18. The van der Waals surface area contributed by atoms with Crippen LogP contribution in [0.5, 0.6) is 5.75 Å². The van der Waals surface area contributed by atoms with Crippen LogP contribution in [0.1, 0.15) is 5.56 Å². The van der Waals surface area contributed by atoms with Crippen LogP contribution in [0.4, 0.5) is 5.82 Å². The van der Waals surface area contributed by atoms with Crippen LogP contribution in [-0.4, -0.2) is 23.4 Å². The second kappa shape index (κ2) is 6.04. The summed E-state index contributed by atoms with van der Waals surface area (Å²) in [6.45, 7) is 0.886. The lowest BCUT2D eigenvalue weighted by atomic mass is 10.1. The molecule has 0 atom stereocenters. The summed E-state index contributed by atoms with van der Waals surface area (Å²) in [6.07, 6.45) is 0.917. The lowest BCUT2D eigenvalue weighted by molar-refractivity contribution is 0.412. The van der Waals surface area contributed by atoms with Gasteiger partial charge in [-0.15, -0.1) is 0 Å². The normalized spacial score (nSPS) is 12.8. The molecule has 0 amide bonds. The Balaban J connectivity index is 1.91. The van der Waals surface area contributed by atoms with E-state index in [2.05, 4.69) is 5.32 Å². The number of aromatic nitrogens is 2. The molecule has 4 nitrogen and oxygen atoms in total. The van der Waals surface area contributed by atoms with E-state index in [4.69, 9.17) is 33.0 Å². The third-order valence-electron chi connectivity index (χ3n) is 4.16. The molecule has 0 fully saturated rings. The molecule has 24 heavy (non-hydrogen) atoms. The SMILES string of the molecule is COc1ccccc1-n1nc(-c2ccc(Cl)c(Cl)c2)c2c1NCC2. The highest BCUT2D eigenvalue weighted by molar-refractivity contribution is 6.42. The maximum Gasteiger partial charge on any atom is 0.144 e. The van der Waals surface area contributed by atoms with Crippen molar-refractivity contribution >= 4 is 29.0 Å². The van der Waals surface area contributed by atoms with Crippen molar-refractivity contribution in [1.29, 1.82) is 0 Å². The Hall–Kier alpha value is -2.17. The molecule has 2 heterocycles. The number of hydrogen-bond donors (Lipinski definition) is 1. The molecule has 0 bridgehead atoms. The largest absolute Gasteiger partial charge is 0.494 e. The molecule has 1 aliphatic heterocycles. The molecule has 3 aromatic rings. The molecule has 0 aliphatic carbocycles. The first kappa shape index (κ1) is 15.4. The number of anilines is 1. The van der Waals surface area contributed by atoms with Gasteiger partial charge in [-0.1, -0.05) is 41.4 Å². The number of nitrogens with one attached hydrogen (secondary N) is 1. The van der Waals surface area contributed by atoms with Crippen LogP contribution >= 0.6 is 23.2 Å². The zero-order valence-electron chi connectivity index (χ0n) is 13.0. The molecule has 2 aromatic carbocycles. The summed E-state index contributed by atoms with van der Waals surface area (Å²) in [6, 6.07) is 13.4. The summed E-state index contributed by atoms with van der Waals surface area (Å²) in [5.41, 5.74) is 3.95. The highest BCUT2D eigenvalue weighted by atomic mass is 35.5. The first-order valence-electron chi connectivity index (χ1n) is 7.63. The minimum Gasteiger partial charge on any atom is -0.494 e. The van der Waals surface area contributed by atoms with Gasteiger partial charge in [-0.3, -0.25) is 0 Å². The molecular weight excluding hydrogens is 345 g/mol. The van der Waals surface area contributed by atoms with Gasteiger partial charge < -0.3 is 10.1 Å². The van der Waals surface area contributed by atoms with Gasteiger partial charge in [0.2, 0.25) is 0 Å². The second-order valence-corrected chi connectivity index (χ2v) is 6.38. The average Bonchev–Trinajstić information content (AvgIpc) is 3.20. The van der Waals surface area contributed by atoms with Crippen LogP contribution in [0.15, 0.2) is 42.5 Å². The Morgan fingerprint density at radius 1 is 1.12 bits per heavy atom. The third kappa shape index (κ3) is 2.43. The number of methoxy groups -OCH3 is 1. The van der Waals surface area contributed by atoms with Crippen molar-refractivity contribution in [2.75, 3.05) is 19.0 Å². The zero-order chi connectivity index (χ0) is 16.7. The van der Waals surface area contributed by atoms with Gasteiger partial charge in [0.25, 0.3) is 0 Å². The van der Waals surface area contributed by atoms with Gasteiger partial charge in [0.1, 0.15) is 17.3 Å². The predicted molar refractivity (Wildman–Crippen MR) is 97.8 cm³/mol. The molecule has 4 rings (SSSR count). The zero-order valence-corrected chi connectivity index (χ0v) is 14.5. The van der Waals surface area contributed by atoms with Gasteiger partial charge in [-0.2, -0.15) is 5.10 Å². The van der Waals surface area contributed by atoms with Crippen LogP contribution in [-0.2, 0) is 6.42 Å². The summed E-state index contributed by atoms with van der Waals surface area (Å²) >= 11 is 12.2. The van der Waals surface area contributed by atoms with Crippen LogP contribution < -0.4 is 10.1 Å². The summed E-state index contributed by atoms with van der Waals surface area (Å²) < 4.78 is 7.38. The summed E-state index contributed by atoms with van der Waals surface area (Å²) in [5.74, 6) is 1.78. The van der Waals surface area contributed by atoms with Crippen LogP contribution in [0.2, 0.25) is 10.0 Å². The number of halogens is 2. The quantitative estimate of drug-likeness (QED) is 0.728.